The molecule has 1 saturated heterocycles. The molecule has 4 aromatic rings. The van der Waals surface area contributed by atoms with E-state index >= 15 is 0 Å². The first-order valence-electron chi connectivity index (χ1n) is 12.3. The van der Waals surface area contributed by atoms with Crippen molar-refractivity contribution >= 4 is 16.7 Å². The molecule has 0 aliphatic carbocycles. The monoisotopic (exact) mass is 534 g/mol. The smallest absolute Gasteiger partial charge is 0.406 e. The number of halogens is 3. The Bertz CT molecular complexity index is 1580. The van der Waals surface area contributed by atoms with Gasteiger partial charge in [-0.3, -0.25) is 14.7 Å². The van der Waals surface area contributed by atoms with Crippen molar-refractivity contribution in [3.63, 3.8) is 0 Å². The molecule has 0 spiro atoms. The molecule has 1 aromatic carbocycles. The number of nitrogens with zero attached hydrogens (tertiary/aromatic N) is 6. The van der Waals surface area contributed by atoms with E-state index in [0.29, 0.717) is 36.4 Å². The van der Waals surface area contributed by atoms with Crippen LogP contribution in [0, 0.1) is 11.3 Å². The number of piperazine rings is 1. The third-order valence-electron chi connectivity index (χ3n) is 6.91. The molecule has 0 saturated carbocycles. The van der Waals surface area contributed by atoms with Crippen molar-refractivity contribution in [3.8, 4) is 11.8 Å². The SMILES string of the molecule is C[C@H]1CN(C(c2ccc(OC(F)(F)F)cc2)c2ccccn2)CCN1c1cc(=O)n(C)c2ccc(C#N)nc12. The normalized spacial score (nSPS) is 17.1. The quantitative estimate of drug-likeness (QED) is 0.375. The highest BCUT2D eigenvalue weighted by atomic mass is 19.4. The molecule has 1 aliphatic heterocycles. The number of alkyl halides is 3. The first-order chi connectivity index (χ1) is 18.6. The predicted octanol–water partition coefficient (Wildman–Crippen LogP) is 4.40. The lowest BCUT2D eigenvalue weighted by atomic mass is 9.98. The van der Waals surface area contributed by atoms with E-state index in [1.807, 2.05) is 25.1 Å². The molecule has 8 nitrogen and oxygen atoms in total. The van der Waals surface area contributed by atoms with Gasteiger partial charge in [-0.2, -0.15) is 5.26 Å². The van der Waals surface area contributed by atoms with Crippen LogP contribution in [0.5, 0.6) is 5.75 Å². The molecular formula is C28H25F3N6O2. The van der Waals surface area contributed by atoms with E-state index < -0.39 is 6.36 Å². The molecule has 1 aliphatic rings. The van der Waals surface area contributed by atoms with Crippen molar-refractivity contribution in [3.05, 3.63) is 94.2 Å². The van der Waals surface area contributed by atoms with E-state index in [2.05, 4.69) is 30.6 Å². The summed E-state index contributed by atoms with van der Waals surface area (Å²) in [5.74, 6) is -0.286. The number of benzene rings is 1. The average molecular weight is 535 g/mol. The van der Waals surface area contributed by atoms with Crippen LogP contribution in [0.1, 0.15) is 29.9 Å². The number of hydrogen-bond donors (Lipinski definition) is 0. The lowest BCUT2D eigenvalue weighted by molar-refractivity contribution is -0.274. The molecule has 2 atom stereocenters. The molecule has 39 heavy (non-hydrogen) atoms. The van der Waals surface area contributed by atoms with Crippen LogP contribution in [0.4, 0.5) is 18.9 Å². The lowest BCUT2D eigenvalue weighted by Gasteiger charge is -2.44. The van der Waals surface area contributed by atoms with Crippen molar-refractivity contribution in [2.75, 3.05) is 24.5 Å². The Morgan fingerprint density at radius 1 is 1.10 bits per heavy atom. The van der Waals surface area contributed by atoms with Crippen molar-refractivity contribution in [2.24, 2.45) is 7.05 Å². The van der Waals surface area contributed by atoms with Crippen molar-refractivity contribution in [2.45, 2.75) is 25.4 Å². The van der Waals surface area contributed by atoms with Crippen LogP contribution in [0.25, 0.3) is 11.0 Å². The second-order valence-electron chi connectivity index (χ2n) is 9.41. The Morgan fingerprint density at radius 2 is 1.87 bits per heavy atom. The van der Waals surface area contributed by atoms with Crippen LogP contribution < -0.4 is 15.2 Å². The Hall–Kier alpha value is -4.43. The van der Waals surface area contributed by atoms with E-state index in [4.69, 9.17) is 0 Å². The summed E-state index contributed by atoms with van der Waals surface area (Å²) in [5.41, 5.74) is 3.52. The number of aryl methyl sites for hydroxylation is 1. The van der Waals surface area contributed by atoms with E-state index in [1.165, 1.54) is 16.7 Å². The highest BCUT2D eigenvalue weighted by Crippen LogP contribution is 2.34. The van der Waals surface area contributed by atoms with E-state index in [9.17, 15) is 23.2 Å². The largest absolute Gasteiger partial charge is 0.573 e. The molecule has 200 valence electrons. The fourth-order valence-corrected chi connectivity index (χ4v) is 5.13. The predicted molar refractivity (Wildman–Crippen MR) is 139 cm³/mol. The maximum Gasteiger partial charge on any atom is 0.573 e. The minimum absolute atomic E-state index is 0.0550. The third kappa shape index (κ3) is 5.42. The molecule has 0 N–H and O–H groups in total. The van der Waals surface area contributed by atoms with E-state index in [0.717, 1.165) is 11.3 Å². The van der Waals surface area contributed by atoms with Gasteiger partial charge in [0.15, 0.2) is 0 Å². The molecule has 0 radical (unpaired) electrons. The Labute approximate surface area is 222 Å². The Balaban J connectivity index is 1.47. The summed E-state index contributed by atoms with van der Waals surface area (Å²) >= 11 is 0. The lowest BCUT2D eigenvalue weighted by Crippen LogP contribution is -2.53. The minimum atomic E-state index is -4.76. The second kappa shape index (κ2) is 10.4. The summed E-state index contributed by atoms with van der Waals surface area (Å²) in [4.78, 5) is 26.2. The fourth-order valence-electron chi connectivity index (χ4n) is 5.13. The first kappa shape index (κ1) is 26.2. The van der Waals surface area contributed by atoms with Crippen molar-refractivity contribution in [1.29, 1.82) is 5.26 Å². The molecule has 5 rings (SSSR count). The van der Waals surface area contributed by atoms with Gasteiger partial charge in [-0.1, -0.05) is 18.2 Å². The number of fused-ring (bicyclic) bond motifs is 1. The Morgan fingerprint density at radius 3 is 2.51 bits per heavy atom. The van der Waals surface area contributed by atoms with Gasteiger partial charge >= 0.3 is 6.36 Å². The van der Waals surface area contributed by atoms with E-state index in [-0.39, 0.29) is 29.1 Å². The maximum atomic E-state index is 12.8. The first-order valence-corrected chi connectivity index (χ1v) is 12.3. The van der Waals surface area contributed by atoms with Crippen molar-refractivity contribution in [1.82, 2.24) is 19.4 Å². The van der Waals surface area contributed by atoms with Gasteiger partial charge in [-0.05, 0) is 48.9 Å². The van der Waals surface area contributed by atoms with Crippen LogP contribution in [0.3, 0.4) is 0 Å². The standard InChI is InChI=1S/C28H25F3N6O2/c1-18-17-36(13-14-37(18)24-15-25(38)35(2)23-11-8-20(16-32)34-26(23)24)27(22-5-3-4-12-33-22)19-6-9-21(10-7-19)39-28(29,30)31/h3-12,15,18,27H,13-14,17H2,1-2H3/t18-,27?/m0/s1. The van der Waals surface area contributed by atoms with Crippen molar-refractivity contribution < 1.29 is 17.9 Å². The summed E-state index contributed by atoms with van der Waals surface area (Å²) in [6.07, 6.45) is -3.08. The zero-order valence-electron chi connectivity index (χ0n) is 21.3. The zero-order chi connectivity index (χ0) is 27.7. The number of anilines is 1. The topological polar surface area (TPSA) is 87.3 Å². The Kier molecular flexibility index (Phi) is 6.97. The highest BCUT2D eigenvalue weighted by molar-refractivity contribution is 5.89. The van der Waals surface area contributed by atoms with Gasteiger partial charge in [0.1, 0.15) is 23.0 Å². The van der Waals surface area contributed by atoms with E-state index in [1.54, 1.807) is 43.6 Å². The van der Waals surface area contributed by atoms with Gasteiger partial charge in [0, 0.05) is 45.0 Å². The summed E-state index contributed by atoms with van der Waals surface area (Å²) < 4.78 is 43.6. The molecule has 1 fully saturated rings. The van der Waals surface area contributed by atoms with Gasteiger partial charge in [-0.15, -0.1) is 13.2 Å². The van der Waals surface area contributed by atoms with Gasteiger partial charge in [-0.25, -0.2) is 4.98 Å². The minimum Gasteiger partial charge on any atom is -0.406 e. The number of nitriles is 1. The molecule has 11 heteroatoms. The molecular weight excluding hydrogens is 509 g/mol. The van der Waals surface area contributed by atoms with Crippen LogP contribution >= 0.6 is 0 Å². The molecule has 0 amide bonds. The average Bonchev–Trinajstić information content (AvgIpc) is 2.92. The van der Waals surface area contributed by atoms with Gasteiger partial charge < -0.3 is 14.2 Å². The molecule has 0 bridgehead atoms. The number of pyridine rings is 3. The highest BCUT2D eigenvalue weighted by Gasteiger charge is 2.33. The maximum absolute atomic E-state index is 12.8. The number of aromatic nitrogens is 3. The van der Waals surface area contributed by atoms with Crippen LogP contribution in [-0.2, 0) is 7.05 Å². The fraction of sp³-hybridized carbons (Fsp3) is 0.286. The van der Waals surface area contributed by atoms with Crippen LogP contribution in [0.2, 0.25) is 0 Å². The molecule has 1 unspecified atom stereocenters. The van der Waals surface area contributed by atoms with Gasteiger partial charge in [0.05, 0.1) is 22.9 Å². The van der Waals surface area contributed by atoms with Gasteiger partial charge in [0.25, 0.3) is 5.56 Å². The summed E-state index contributed by atoms with van der Waals surface area (Å²) in [6.45, 7) is 3.76. The molecule has 3 aromatic heterocycles. The third-order valence-corrected chi connectivity index (χ3v) is 6.91. The summed E-state index contributed by atoms with van der Waals surface area (Å²) in [6, 6.07) is 18.0. The number of ether oxygens (including phenoxy) is 1. The number of hydrogen-bond acceptors (Lipinski definition) is 7. The van der Waals surface area contributed by atoms with Crippen LogP contribution in [0.15, 0.2) is 71.7 Å². The summed E-state index contributed by atoms with van der Waals surface area (Å²) in [7, 11) is 1.67. The van der Waals surface area contributed by atoms with Crippen LogP contribution in [-0.4, -0.2) is 51.5 Å². The zero-order valence-corrected chi connectivity index (χ0v) is 21.3. The summed E-state index contributed by atoms with van der Waals surface area (Å²) in [5, 5.41) is 9.39. The number of rotatable bonds is 5. The molecule has 4 heterocycles. The van der Waals surface area contributed by atoms with Gasteiger partial charge in [0.2, 0.25) is 0 Å². The second-order valence-corrected chi connectivity index (χ2v) is 9.41.